The maximum atomic E-state index is 5.88. The minimum absolute atomic E-state index is 0.441. The summed E-state index contributed by atoms with van der Waals surface area (Å²) in [5.74, 6) is 0.992. The van der Waals surface area contributed by atoms with Crippen molar-refractivity contribution in [1.82, 2.24) is 5.16 Å². The fraction of sp³-hybridized carbons (Fsp3) is 0.308. The van der Waals surface area contributed by atoms with Crippen molar-refractivity contribution in [2.24, 2.45) is 0 Å². The van der Waals surface area contributed by atoms with Gasteiger partial charge in [-0.15, -0.1) is 0 Å². The molecule has 3 heteroatoms. The van der Waals surface area contributed by atoms with E-state index in [-0.39, 0.29) is 0 Å². The standard InChI is InChI=1S/C13H14N2O/c1-8-4-2-3-5-10(8)11-12(9-6-7-9)15-16-13(11)14/h2-5,9H,6-7,14H2,1H3. The average Bonchev–Trinajstić information content (AvgIpc) is 3.04. The van der Waals surface area contributed by atoms with Crippen LogP contribution in [0.4, 0.5) is 5.88 Å². The lowest BCUT2D eigenvalue weighted by Crippen LogP contribution is -1.91. The van der Waals surface area contributed by atoms with E-state index >= 15 is 0 Å². The van der Waals surface area contributed by atoms with E-state index in [2.05, 4.69) is 24.2 Å². The van der Waals surface area contributed by atoms with Crippen LogP contribution in [-0.4, -0.2) is 5.16 Å². The van der Waals surface area contributed by atoms with Crippen LogP contribution in [-0.2, 0) is 0 Å². The van der Waals surface area contributed by atoms with Crippen LogP contribution in [0, 0.1) is 6.92 Å². The van der Waals surface area contributed by atoms with E-state index in [1.807, 2.05) is 12.1 Å². The zero-order valence-corrected chi connectivity index (χ0v) is 9.23. The third kappa shape index (κ3) is 1.40. The van der Waals surface area contributed by atoms with E-state index in [0.29, 0.717) is 11.8 Å². The molecule has 0 spiro atoms. The lowest BCUT2D eigenvalue weighted by atomic mass is 9.99. The molecule has 1 saturated carbocycles. The third-order valence-corrected chi connectivity index (χ3v) is 3.12. The first-order valence-electron chi connectivity index (χ1n) is 5.58. The molecule has 0 atom stereocenters. The van der Waals surface area contributed by atoms with Gasteiger partial charge in [0.2, 0.25) is 5.88 Å². The largest absolute Gasteiger partial charge is 0.367 e. The maximum absolute atomic E-state index is 5.88. The summed E-state index contributed by atoms with van der Waals surface area (Å²) in [6, 6.07) is 8.20. The number of rotatable bonds is 2. The Labute approximate surface area is 94.2 Å². The number of nitrogen functional groups attached to an aromatic ring is 1. The Balaban J connectivity index is 2.18. The Morgan fingerprint density at radius 3 is 2.75 bits per heavy atom. The smallest absolute Gasteiger partial charge is 0.230 e. The summed E-state index contributed by atoms with van der Waals surface area (Å²) in [5, 5.41) is 4.10. The molecule has 0 radical (unpaired) electrons. The number of nitrogens with two attached hydrogens (primary N) is 1. The van der Waals surface area contributed by atoms with E-state index in [9.17, 15) is 0 Å². The van der Waals surface area contributed by atoms with Gasteiger partial charge in [-0.25, -0.2) is 0 Å². The second kappa shape index (κ2) is 3.37. The Kier molecular flexibility index (Phi) is 1.99. The van der Waals surface area contributed by atoms with Crippen LogP contribution in [0.5, 0.6) is 0 Å². The molecule has 1 aromatic heterocycles. The molecule has 0 bridgehead atoms. The first kappa shape index (κ1) is 9.46. The van der Waals surface area contributed by atoms with E-state index in [4.69, 9.17) is 10.3 Å². The number of benzene rings is 1. The Hall–Kier alpha value is -1.77. The zero-order valence-electron chi connectivity index (χ0n) is 9.23. The van der Waals surface area contributed by atoms with Gasteiger partial charge in [-0.05, 0) is 30.9 Å². The summed E-state index contributed by atoms with van der Waals surface area (Å²) in [4.78, 5) is 0. The number of aromatic nitrogens is 1. The topological polar surface area (TPSA) is 52.0 Å². The van der Waals surface area contributed by atoms with E-state index in [1.54, 1.807) is 0 Å². The van der Waals surface area contributed by atoms with Crippen LogP contribution in [0.3, 0.4) is 0 Å². The molecule has 2 aromatic rings. The highest BCUT2D eigenvalue weighted by molar-refractivity contribution is 5.78. The second-order valence-corrected chi connectivity index (χ2v) is 4.40. The van der Waals surface area contributed by atoms with Crippen molar-refractivity contribution < 1.29 is 4.52 Å². The fourth-order valence-corrected chi connectivity index (χ4v) is 2.08. The van der Waals surface area contributed by atoms with E-state index in [1.165, 1.54) is 18.4 Å². The van der Waals surface area contributed by atoms with Crippen molar-refractivity contribution in [3.05, 3.63) is 35.5 Å². The first-order chi connectivity index (χ1) is 7.77. The van der Waals surface area contributed by atoms with Crippen molar-refractivity contribution in [3.63, 3.8) is 0 Å². The number of hydrogen-bond donors (Lipinski definition) is 1. The van der Waals surface area contributed by atoms with Crippen LogP contribution in [0.1, 0.15) is 30.0 Å². The summed E-state index contributed by atoms with van der Waals surface area (Å²) < 4.78 is 5.13. The van der Waals surface area contributed by atoms with Gasteiger partial charge in [-0.3, -0.25) is 0 Å². The first-order valence-corrected chi connectivity index (χ1v) is 5.58. The molecule has 82 valence electrons. The minimum Gasteiger partial charge on any atom is -0.367 e. The van der Waals surface area contributed by atoms with Gasteiger partial charge < -0.3 is 10.3 Å². The van der Waals surface area contributed by atoms with E-state index in [0.717, 1.165) is 16.8 Å². The van der Waals surface area contributed by atoms with Crippen LogP contribution >= 0.6 is 0 Å². The number of anilines is 1. The lowest BCUT2D eigenvalue weighted by Gasteiger charge is -2.04. The molecule has 0 amide bonds. The number of nitrogens with zero attached hydrogens (tertiary/aromatic N) is 1. The van der Waals surface area contributed by atoms with Gasteiger partial charge in [-0.2, -0.15) is 0 Å². The predicted octanol–water partition coefficient (Wildman–Crippen LogP) is 3.11. The Bertz CT molecular complexity index is 526. The molecule has 0 saturated heterocycles. The molecular formula is C13H14N2O. The van der Waals surface area contributed by atoms with E-state index < -0.39 is 0 Å². The summed E-state index contributed by atoms with van der Waals surface area (Å²) >= 11 is 0. The SMILES string of the molecule is Cc1ccccc1-c1c(C2CC2)noc1N. The summed E-state index contributed by atoms with van der Waals surface area (Å²) in [6.45, 7) is 2.08. The Morgan fingerprint density at radius 2 is 2.06 bits per heavy atom. The second-order valence-electron chi connectivity index (χ2n) is 4.40. The molecule has 1 aliphatic rings. The maximum Gasteiger partial charge on any atom is 0.230 e. The third-order valence-electron chi connectivity index (χ3n) is 3.12. The van der Waals surface area contributed by atoms with Gasteiger partial charge >= 0.3 is 0 Å². The summed E-state index contributed by atoms with van der Waals surface area (Å²) in [5.41, 5.74) is 10.3. The van der Waals surface area contributed by atoms with Gasteiger partial charge in [0.1, 0.15) is 0 Å². The van der Waals surface area contributed by atoms with Gasteiger partial charge in [0.25, 0.3) is 0 Å². The normalized spacial score (nSPS) is 15.3. The van der Waals surface area contributed by atoms with Crippen molar-refractivity contribution in [2.45, 2.75) is 25.7 Å². The van der Waals surface area contributed by atoms with Gasteiger partial charge in [-0.1, -0.05) is 29.4 Å². The number of hydrogen-bond acceptors (Lipinski definition) is 3. The van der Waals surface area contributed by atoms with Gasteiger partial charge in [0.05, 0.1) is 11.3 Å². The molecule has 3 rings (SSSR count). The lowest BCUT2D eigenvalue weighted by molar-refractivity contribution is 0.428. The molecule has 1 aliphatic carbocycles. The molecule has 1 aromatic carbocycles. The monoisotopic (exact) mass is 214 g/mol. The van der Waals surface area contributed by atoms with Gasteiger partial charge in [0, 0.05) is 5.92 Å². The molecule has 16 heavy (non-hydrogen) atoms. The molecule has 0 unspecified atom stereocenters. The van der Waals surface area contributed by atoms with Crippen molar-refractivity contribution >= 4 is 5.88 Å². The highest BCUT2D eigenvalue weighted by Crippen LogP contribution is 2.46. The predicted molar refractivity (Wildman–Crippen MR) is 63.1 cm³/mol. The van der Waals surface area contributed by atoms with Crippen molar-refractivity contribution in [2.75, 3.05) is 5.73 Å². The number of aryl methyl sites for hydroxylation is 1. The summed E-state index contributed by atoms with van der Waals surface area (Å²) in [6.07, 6.45) is 2.40. The van der Waals surface area contributed by atoms with Crippen LogP contribution in [0.15, 0.2) is 28.8 Å². The molecule has 1 fully saturated rings. The highest BCUT2D eigenvalue weighted by Gasteiger charge is 2.31. The zero-order chi connectivity index (χ0) is 11.1. The minimum atomic E-state index is 0.441. The van der Waals surface area contributed by atoms with Crippen molar-refractivity contribution in [3.8, 4) is 11.1 Å². The average molecular weight is 214 g/mol. The molecule has 2 N–H and O–H groups in total. The molecule has 3 nitrogen and oxygen atoms in total. The van der Waals surface area contributed by atoms with Crippen LogP contribution in [0.2, 0.25) is 0 Å². The Morgan fingerprint density at radius 1 is 1.31 bits per heavy atom. The molecule has 1 heterocycles. The summed E-state index contributed by atoms with van der Waals surface area (Å²) in [7, 11) is 0. The molecule has 0 aliphatic heterocycles. The highest BCUT2D eigenvalue weighted by atomic mass is 16.5. The van der Waals surface area contributed by atoms with Gasteiger partial charge in [0.15, 0.2) is 0 Å². The quantitative estimate of drug-likeness (QED) is 0.835. The van der Waals surface area contributed by atoms with Crippen LogP contribution in [0.25, 0.3) is 11.1 Å². The fourth-order valence-electron chi connectivity index (χ4n) is 2.08. The van der Waals surface area contributed by atoms with Crippen molar-refractivity contribution in [1.29, 1.82) is 0 Å². The molecular weight excluding hydrogens is 200 g/mol. The van der Waals surface area contributed by atoms with Crippen LogP contribution < -0.4 is 5.73 Å².